The second-order valence-corrected chi connectivity index (χ2v) is 8.84. The van der Waals surface area contributed by atoms with Crippen molar-refractivity contribution in [2.24, 2.45) is 35.5 Å². The lowest BCUT2D eigenvalue weighted by Gasteiger charge is -2.37. The molecule has 0 aromatic heterocycles. The molecule has 0 aromatic rings. The van der Waals surface area contributed by atoms with Crippen molar-refractivity contribution in [3.05, 3.63) is 0 Å². The fraction of sp³-hybridized carbons (Fsp3) is 0.857. The van der Waals surface area contributed by atoms with Crippen LogP contribution in [0.25, 0.3) is 0 Å². The van der Waals surface area contributed by atoms with Crippen molar-refractivity contribution in [2.75, 3.05) is 0 Å². The molecule has 25 heavy (non-hydrogen) atoms. The Bertz CT molecular complexity index is 478. The average molecular weight is 353 g/mol. The van der Waals surface area contributed by atoms with Gasteiger partial charge in [0.15, 0.2) is 17.3 Å². The summed E-state index contributed by atoms with van der Waals surface area (Å²) in [5, 5.41) is 10.6. The van der Waals surface area contributed by atoms with E-state index in [2.05, 4.69) is 27.7 Å². The van der Waals surface area contributed by atoms with E-state index in [1.54, 1.807) is 13.8 Å². The molecule has 0 radical (unpaired) electrons. The molecule has 0 aromatic carbocycles. The quantitative estimate of drug-likeness (QED) is 0.640. The molecule has 1 N–H and O–H groups in total. The van der Waals surface area contributed by atoms with Crippen LogP contribution in [-0.4, -0.2) is 28.6 Å². The van der Waals surface area contributed by atoms with Crippen LogP contribution in [0.1, 0.15) is 73.6 Å². The minimum Gasteiger partial charge on any atom is -0.393 e. The molecule has 4 nitrogen and oxygen atoms in total. The van der Waals surface area contributed by atoms with E-state index in [1.807, 2.05) is 0 Å². The van der Waals surface area contributed by atoms with Gasteiger partial charge in [0, 0.05) is 24.2 Å². The van der Waals surface area contributed by atoms with E-state index in [-0.39, 0.29) is 41.5 Å². The fourth-order valence-corrected chi connectivity index (χ4v) is 3.70. The van der Waals surface area contributed by atoms with E-state index in [4.69, 9.17) is 0 Å². The summed E-state index contributed by atoms with van der Waals surface area (Å²) in [6.07, 6.45) is 2.48. The van der Waals surface area contributed by atoms with Crippen LogP contribution in [0.2, 0.25) is 0 Å². The first-order valence-electron chi connectivity index (χ1n) is 9.84. The summed E-state index contributed by atoms with van der Waals surface area (Å²) >= 11 is 0. The van der Waals surface area contributed by atoms with Gasteiger partial charge in [-0.1, -0.05) is 48.0 Å². The Morgan fingerprint density at radius 1 is 1.00 bits per heavy atom. The Balaban J connectivity index is 3.01. The molecule has 0 aliphatic heterocycles. The molecule has 0 saturated heterocycles. The largest absolute Gasteiger partial charge is 0.393 e. The molecule has 0 bridgehead atoms. The Labute approximate surface area is 152 Å². The van der Waals surface area contributed by atoms with Gasteiger partial charge in [-0.05, 0) is 31.1 Å². The van der Waals surface area contributed by atoms with E-state index < -0.39 is 12.0 Å². The number of carbonyl (C=O) groups is 3. The molecule has 0 amide bonds. The smallest absolute Gasteiger partial charge is 0.154 e. The summed E-state index contributed by atoms with van der Waals surface area (Å²) in [5.74, 6) is -2.05. The zero-order valence-electron chi connectivity index (χ0n) is 16.7. The highest BCUT2D eigenvalue weighted by molar-refractivity contribution is 6.21. The van der Waals surface area contributed by atoms with Gasteiger partial charge in [0.1, 0.15) is 5.92 Å². The highest BCUT2D eigenvalue weighted by Crippen LogP contribution is 2.37. The summed E-state index contributed by atoms with van der Waals surface area (Å²) in [5.41, 5.74) is 0. The Hall–Kier alpha value is -1.03. The van der Waals surface area contributed by atoms with Gasteiger partial charge in [-0.2, -0.15) is 0 Å². The molecule has 0 spiro atoms. The van der Waals surface area contributed by atoms with Crippen molar-refractivity contribution in [3.63, 3.8) is 0 Å². The fourth-order valence-electron chi connectivity index (χ4n) is 3.70. The number of hydrogen-bond acceptors (Lipinski definition) is 4. The van der Waals surface area contributed by atoms with E-state index in [9.17, 15) is 19.5 Å². The average Bonchev–Trinajstić information content (AvgIpc) is 2.50. The van der Waals surface area contributed by atoms with Crippen LogP contribution in [0.15, 0.2) is 0 Å². The van der Waals surface area contributed by atoms with E-state index in [0.717, 1.165) is 12.8 Å². The molecule has 4 unspecified atom stereocenters. The third-order valence-electron chi connectivity index (χ3n) is 5.37. The van der Waals surface area contributed by atoms with Crippen molar-refractivity contribution in [1.29, 1.82) is 0 Å². The highest BCUT2D eigenvalue weighted by Gasteiger charge is 2.48. The summed E-state index contributed by atoms with van der Waals surface area (Å²) in [4.78, 5) is 37.9. The van der Waals surface area contributed by atoms with E-state index >= 15 is 0 Å². The third kappa shape index (κ3) is 6.02. The minimum atomic E-state index is -1.11. The molecule has 1 saturated carbocycles. The zero-order chi connectivity index (χ0) is 19.3. The molecule has 0 heterocycles. The maximum Gasteiger partial charge on any atom is 0.154 e. The van der Waals surface area contributed by atoms with Crippen molar-refractivity contribution in [1.82, 2.24) is 0 Å². The van der Waals surface area contributed by atoms with Gasteiger partial charge < -0.3 is 5.11 Å². The monoisotopic (exact) mass is 352 g/mol. The summed E-state index contributed by atoms with van der Waals surface area (Å²) < 4.78 is 0. The first-order valence-corrected chi connectivity index (χ1v) is 9.84. The van der Waals surface area contributed by atoms with Crippen LogP contribution in [0.3, 0.4) is 0 Å². The molecule has 1 aliphatic rings. The van der Waals surface area contributed by atoms with Gasteiger partial charge in [-0.15, -0.1) is 0 Å². The predicted molar refractivity (Wildman–Crippen MR) is 99.1 cm³/mol. The van der Waals surface area contributed by atoms with Gasteiger partial charge in [-0.25, -0.2) is 0 Å². The molecule has 1 aliphatic carbocycles. The van der Waals surface area contributed by atoms with Crippen molar-refractivity contribution in [2.45, 2.75) is 79.8 Å². The maximum atomic E-state index is 13.0. The summed E-state index contributed by atoms with van der Waals surface area (Å²) in [6.45, 7) is 11.8. The second-order valence-electron chi connectivity index (χ2n) is 8.84. The number of carbonyl (C=O) groups excluding carboxylic acids is 3. The van der Waals surface area contributed by atoms with Crippen molar-refractivity contribution < 1.29 is 19.5 Å². The molecule has 4 heteroatoms. The maximum absolute atomic E-state index is 13.0. The number of aliphatic hydroxyl groups excluding tert-OH is 1. The van der Waals surface area contributed by atoms with Crippen molar-refractivity contribution in [3.8, 4) is 0 Å². The normalized spacial score (nSPS) is 25.9. The van der Waals surface area contributed by atoms with Crippen LogP contribution >= 0.6 is 0 Å². The molecule has 1 fully saturated rings. The minimum absolute atomic E-state index is 0.150. The van der Waals surface area contributed by atoms with Gasteiger partial charge in [0.25, 0.3) is 0 Å². The molecule has 144 valence electrons. The lowest BCUT2D eigenvalue weighted by atomic mass is 9.65. The Morgan fingerprint density at radius 2 is 1.56 bits per heavy atom. The molecular formula is C21H36O4. The lowest BCUT2D eigenvalue weighted by Crippen LogP contribution is -2.49. The van der Waals surface area contributed by atoms with Crippen LogP contribution in [0.5, 0.6) is 0 Å². The van der Waals surface area contributed by atoms with Gasteiger partial charge in [-0.3, -0.25) is 14.4 Å². The molecule has 1 rings (SSSR count). The molecular weight excluding hydrogens is 316 g/mol. The zero-order valence-corrected chi connectivity index (χ0v) is 16.7. The van der Waals surface area contributed by atoms with Gasteiger partial charge in [0.05, 0.1) is 6.10 Å². The summed E-state index contributed by atoms with van der Waals surface area (Å²) in [6, 6.07) is 0. The van der Waals surface area contributed by atoms with E-state index in [1.165, 1.54) is 0 Å². The first kappa shape index (κ1) is 22.0. The van der Waals surface area contributed by atoms with Crippen LogP contribution in [0.4, 0.5) is 0 Å². The summed E-state index contributed by atoms with van der Waals surface area (Å²) in [7, 11) is 0. The predicted octanol–water partition coefficient (Wildman–Crippen LogP) is 3.84. The van der Waals surface area contributed by atoms with Crippen LogP contribution < -0.4 is 0 Å². The topological polar surface area (TPSA) is 71.4 Å². The van der Waals surface area contributed by atoms with E-state index in [0.29, 0.717) is 24.7 Å². The van der Waals surface area contributed by atoms with Gasteiger partial charge in [0.2, 0.25) is 0 Å². The Kier molecular flexibility index (Phi) is 8.46. The van der Waals surface area contributed by atoms with Crippen LogP contribution in [0, 0.1) is 35.5 Å². The van der Waals surface area contributed by atoms with Crippen molar-refractivity contribution >= 4 is 17.3 Å². The van der Waals surface area contributed by atoms with Crippen LogP contribution in [-0.2, 0) is 14.4 Å². The number of hydrogen-bond donors (Lipinski definition) is 1. The lowest BCUT2D eigenvalue weighted by molar-refractivity contribution is -0.150. The standard InChI is InChI=1S/C21H36O4/c1-12(2)7-9-15-16(17(22)10-8-13(3)4)11-18(23)19(21(15)25)20(24)14(5)6/h12-17,19,22H,7-11H2,1-6H3. The van der Waals surface area contributed by atoms with Gasteiger partial charge >= 0.3 is 0 Å². The first-order chi connectivity index (χ1) is 11.6. The molecule has 4 atom stereocenters. The highest BCUT2D eigenvalue weighted by atomic mass is 16.3. The SMILES string of the molecule is CC(C)CCC(O)C1CC(=O)C(C(=O)C(C)C)C(=O)C1CCC(C)C. The third-order valence-corrected chi connectivity index (χ3v) is 5.37. The Morgan fingerprint density at radius 3 is 2.04 bits per heavy atom. The second kappa shape index (κ2) is 9.61. The number of aliphatic hydroxyl groups is 1. The number of ketones is 3. The number of Topliss-reactive ketones (excluding diaryl/α,β-unsaturated/α-hetero) is 3. The number of rotatable bonds is 9.